The van der Waals surface area contributed by atoms with Gasteiger partial charge in [0.15, 0.2) is 0 Å². The average molecular weight is 205 g/mol. The molecule has 1 aliphatic heterocycles. The zero-order valence-electron chi connectivity index (χ0n) is 5.31. The summed E-state index contributed by atoms with van der Waals surface area (Å²) in [6.45, 7) is 1.57. The van der Waals surface area contributed by atoms with Crippen molar-refractivity contribution in [3.63, 3.8) is 0 Å². The molecule has 0 aliphatic carbocycles. The first-order valence-electron chi connectivity index (χ1n) is 2.96. The van der Waals surface area contributed by atoms with E-state index in [2.05, 4.69) is 0 Å². The number of ether oxygens (including phenoxy) is 2. The van der Waals surface area contributed by atoms with Gasteiger partial charge in [-0.05, 0) is 0 Å². The zero-order valence-corrected chi connectivity index (χ0v) is 8.31. The van der Waals surface area contributed by atoms with Gasteiger partial charge in [0.1, 0.15) is 0 Å². The molecule has 50 valence electrons. The molecule has 1 fully saturated rings. The minimum absolute atomic E-state index is 0. The van der Waals surface area contributed by atoms with Crippen molar-refractivity contribution in [2.45, 2.75) is 17.3 Å². The Morgan fingerprint density at radius 3 is 2.33 bits per heavy atom. The van der Waals surface area contributed by atoms with Crippen LogP contribution >= 0.6 is 0 Å². The van der Waals surface area contributed by atoms with E-state index in [9.17, 15) is 0 Å². The van der Waals surface area contributed by atoms with E-state index in [4.69, 9.17) is 9.47 Å². The van der Waals surface area contributed by atoms with Crippen molar-refractivity contribution in [1.82, 2.24) is 0 Å². The molecule has 0 saturated carbocycles. The predicted molar refractivity (Wildman–Crippen MR) is 30.9 cm³/mol. The van der Waals surface area contributed by atoms with E-state index in [0.717, 1.165) is 19.6 Å². The third kappa shape index (κ3) is 3.78. The molecular formula is C5H9BrMgO2. The Bertz CT molecular complexity index is 66.0. The average Bonchev–Trinajstić information content (AvgIpc) is 2.19. The van der Waals surface area contributed by atoms with E-state index in [1.807, 2.05) is 21.7 Å². The molecule has 1 saturated heterocycles. The molecule has 1 heterocycles. The van der Waals surface area contributed by atoms with Crippen molar-refractivity contribution in [2.75, 3.05) is 13.2 Å². The van der Waals surface area contributed by atoms with E-state index in [1.165, 1.54) is 4.55 Å². The van der Waals surface area contributed by atoms with Crippen molar-refractivity contribution >= 4 is 21.7 Å². The molecule has 0 radical (unpaired) electrons. The summed E-state index contributed by atoms with van der Waals surface area (Å²) in [6.07, 6.45) is 1.17. The summed E-state index contributed by atoms with van der Waals surface area (Å²) >= 11 is 1.96. The van der Waals surface area contributed by atoms with Gasteiger partial charge in [0.05, 0.1) is 0 Å². The van der Waals surface area contributed by atoms with Crippen molar-refractivity contribution in [3.05, 3.63) is 0 Å². The molecule has 0 N–H and O–H groups in total. The van der Waals surface area contributed by atoms with Gasteiger partial charge in [0.2, 0.25) is 0 Å². The van der Waals surface area contributed by atoms with Crippen LogP contribution in [-0.2, 0) is 9.47 Å². The van der Waals surface area contributed by atoms with Crippen molar-refractivity contribution < 1.29 is 26.5 Å². The first-order chi connectivity index (χ1) is 3.93. The Hall–Kier alpha value is 1.17. The summed E-state index contributed by atoms with van der Waals surface area (Å²) < 4.78 is 11.5. The fourth-order valence-corrected chi connectivity index (χ4v) is 1.07. The molecule has 4 heteroatoms. The summed E-state index contributed by atoms with van der Waals surface area (Å²) in [7, 11) is 0. The summed E-state index contributed by atoms with van der Waals surface area (Å²) in [6, 6.07) is 0. The molecule has 1 aliphatic rings. The SMILES string of the molecule is [Br-].[Mg+][CH2]CC1OCCO1. The van der Waals surface area contributed by atoms with Crippen LogP contribution in [0, 0.1) is 0 Å². The molecule has 0 aromatic carbocycles. The second-order valence-corrected chi connectivity index (χ2v) is 2.52. The molecule has 0 spiro atoms. The molecule has 9 heavy (non-hydrogen) atoms. The fraction of sp³-hybridized carbons (Fsp3) is 1.00. The Balaban J connectivity index is 0.000000640. The Kier molecular flexibility index (Phi) is 6.68. The summed E-state index contributed by atoms with van der Waals surface area (Å²) in [5.41, 5.74) is 0. The van der Waals surface area contributed by atoms with E-state index < -0.39 is 0 Å². The maximum atomic E-state index is 5.18. The molecule has 1 rings (SSSR count). The van der Waals surface area contributed by atoms with Gasteiger partial charge >= 0.3 is 61.7 Å². The summed E-state index contributed by atoms with van der Waals surface area (Å²) in [4.78, 5) is 0. The van der Waals surface area contributed by atoms with Crippen LogP contribution in [-0.4, -0.2) is 41.2 Å². The third-order valence-corrected chi connectivity index (χ3v) is 1.54. The molecule has 0 aromatic rings. The second kappa shape index (κ2) is 5.91. The van der Waals surface area contributed by atoms with Crippen LogP contribution in [0.1, 0.15) is 6.42 Å². The van der Waals surface area contributed by atoms with Crippen molar-refractivity contribution in [3.8, 4) is 0 Å². The van der Waals surface area contributed by atoms with E-state index in [1.54, 1.807) is 0 Å². The van der Waals surface area contributed by atoms with Crippen LogP contribution in [0.3, 0.4) is 0 Å². The minimum atomic E-state index is 0. The van der Waals surface area contributed by atoms with Gasteiger partial charge < -0.3 is 17.0 Å². The first-order valence-corrected chi connectivity index (χ1v) is 3.96. The predicted octanol–water partition coefficient (Wildman–Crippen LogP) is -2.66. The van der Waals surface area contributed by atoms with Crippen LogP contribution in [0.25, 0.3) is 0 Å². The normalized spacial score (nSPS) is 19.8. The van der Waals surface area contributed by atoms with Crippen LogP contribution < -0.4 is 17.0 Å². The van der Waals surface area contributed by atoms with Gasteiger partial charge in [-0.2, -0.15) is 0 Å². The van der Waals surface area contributed by atoms with E-state index in [-0.39, 0.29) is 23.3 Å². The van der Waals surface area contributed by atoms with Gasteiger partial charge in [-0.25, -0.2) is 0 Å². The molecule has 2 nitrogen and oxygen atoms in total. The number of rotatable bonds is 2. The van der Waals surface area contributed by atoms with Crippen LogP contribution in [0.5, 0.6) is 0 Å². The zero-order chi connectivity index (χ0) is 5.82. The van der Waals surface area contributed by atoms with Crippen LogP contribution in [0.15, 0.2) is 0 Å². The van der Waals surface area contributed by atoms with Gasteiger partial charge in [0.25, 0.3) is 0 Å². The number of halogens is 1. The summed E-state index contributed by atoms with van der Waals surface area (Å²) in [5, 5.41) is 0. The van der Waals surface area contributed by atoms with Gasteiger partial charge in [0, 0.05) is 0 Å². The molecule has 0 amide bonds. The second-order valence-electron chi connectivity index (χ2n) is 1.81. The van der Waals surface area contributed by atoms with E-state index in [0.29, 0.717) is 0 Å². The Morgan fingerprint density at radius 2 is 1.89 bits per heavy atom. The summed E-state index contributed by atoms with van der Waals surface area (Å²) in [5.74, 6) is 0. The standard InChI is InChI=1S/C5H9O2.BrH.Mg/c1-2-5-6-3-4-7-5;;/h5H,1-4H2;1H;/q;;+1/p-1. The monoisotopic (exact) mass is 204 g/mol. The first kappa shape index (κ1) is 10.2. The topological polar surface area (TPSA) is 18.5 Å². The number of hydrogen-bond donors (Lipinski definition) is 0. The van der Waals surface area contributed by atoms with E-state index >= 15 is 0 Å². The van der Waals surface area contributed by atoms with Gasteiger partial charge in [-0.15, -0.1) is 0 Å². The molecule has 0 atom stereocenters. The third-order valence-electron chi connectivity index (χ3n) is 1.13. The maximum absolute atomic E-state index is 5.18. The molecule has 0 bridgehead atoms. The van der Waals surface area contributed by atoms with Crippen LogP contribution in [0.2, 0.25) is 4.55 Å². The Morgan fingerprint density at radius 1 is 1.33 bits per heavy atom. The molecule has 0 unspecified atom stereocenters. The van der Waals surface area contributed by atoms with Crippen molar-refractivity contribution in [2.24, 2.45) is 0 Å². The number of hydrogen-bond acceptors (Lipinski definition) is 2. The molecule has 0 aromatic heterocycles. The van der Waals surface area contributed by atoms with Crippen LogP contribution in [0.4, 0.5) is 0 Å². The van der Waals surface area contributed by atoms with Crippen molar-refractivity contribution in [1.29, 1.82) is 0 Å². The fourth-order valence-electron chi connectivity index (χ4n) is 0.741. The Labute approximate surface area is 78.5 Å². The van der Waals surface area contributed by atoms with Gasteiger partial charge in [-0.1, -0.05) is 0 Å². The molecular weight excluding hydrogens is 196 g/mol. The quantitative estimate of drug-likeness (QED) is 0.458. The van der Waals surface area contributed by atoms with Gasteiger partial charge in [-0.3, -0.25) is 0 Å².